The quantitative estimate of drug-likeness (QED) is 0.0199. The van der Waals surface area contributed by atoms with E-state index in [1.807, 2.05) is 0 Å². The molecule has 0 aliphatic carbocycles. The number of hydrogen-bond acceptors (Lipinski definition) is 11. The highest BCUT2D eigenvalue weighted by Crippen LogP contribution is 2.24. The van der Waals surface area contributed by atoms with E-state index in [0.29, 0.717) is 12.8 Å². The maximum atomic E-state index is 12.8. The lowest BCUT2D eigenvalue weighted by molar-refractivity contribution is -0.297. The SMILES string of the molecule is CCCCC/C=C/C/C=C/CCCCCCCC(=O)OC[C@H](CO[C@H]1O[C@H](CS(=O)(=O)O)[C@@H](O)C(O)C1O)OC(=O)CCCCCCCCCCCCCCCCCC. The summed E-state index contributed by atoms with van der Waals surface area (Å²) in [5.41, 5.74) is 0. The maximum Gasteiger partial charge on any atom is 0.306 e. The Labute approximate surface area is 358 Å². The summed E-state index contributed by atoms with van der Waals surface area (Å²) in [4.78, 5) is 25.4. The zero-order chi connectivity index (χ0) is 43.4. The van der Waals surface area contributed by atoms with Gasteiger partial charge in [-0.3, -0.25) is 14.1 Å². The average Bonchev–Trinajstić information content (AvgIpc) is 3.20. The van der Waals surface area contributed by atoms with Crippen LogP contribution < -0.4 is 0 Å². The number of esters is 2. The average molecular weight is 861 g/mol. The molecule has 1 aliphatic heterocycles. The van der Waals surface area contributed by atoms with Crippen LogP contribution in [-0.2, 0) is 38.7 Å². The Balaban J connectivity index is 2.43. The van der Waals surface area contributed by atoms with Crippen LogP contribution in [0.1, 0.15) is 200 Å². The number of aliphatic hydroxyl groups excluding tert-OH is 3. The molecule has 4 N–H and O–H groups in total. The smallest absolute Gasteiger partial charge is 0.306 e. The maximum absolute atomic E-state index is 12.8. The fraction of sp³-hybridized carbons (Fsp3) is 0.870. The second-order valence-corrected chi connectivity index (χ2v) is 17.9. The van der Waals surface area contributed by atoms with Gasteiger partial charge in [0.05, 0.1) is 6.61 Å². The van der Waals surface area contributed by atoms with E-state index >= 15 is 0 Å². The van der Waals surface area contributed by atoms with Crippen LogP contribution in [-0.4, -0.2) is 96.0 Å². The standard InChI is InChI=1S/C46H84O12S/c1-3-5-7-9-11-13-15-17-19-21-23-25-27-29-31-33-35-42(48)57-39(37-56-46-45(51)44(50)43(49)40(58-46)38-59(52,53)54)36-55-41(47)34-32-30-28-26-24-22-20-18-16-14-12-10-8-6-4-2/h12,14,18,20,39-40,43-46,49-51H,3-11,13,15-17,19,21-38H2,1-2H3,(H,52,53,54)/b14-12+,20-18+/t39-,40-,43-,44?,45?,46+/m1/s1. The summed E-state index contributed by atoms with van der Waals surface area (Å²) >= 11 is 0. The summed E-state index contributed by atoms with van der Waals surface area (Å²) < 4.78 is 54.1. The van der Waals surface area contributed by atoms with Crippen molar-refractivity contribution in [2.45, 2.75) is 237 Å². The molecule has 346 valence electrons. The summed E-state index contributed by atoms with van der Waals surface area (Å²) in [6.07, 6.45) is 30.7. The van der Waals surface area contributed by atoms with E-state index in [1.165, 1.54) is 96.3 Å². The van der Waals surface area contributed by atoms with Gasteiger partial charge < -0.3 is 34.3 Å². The van der Waals surface area contributed by atoms with Crippen LogP contribution in [0, 0.1) is 0 Å². The molecule has 59 heavy (non-hydrogen) atoms. The number of rotatable bonds is 39. The predicted molar refractivity (Wildman–Crippen MR) is 233 cm³/mol. The number of hydrogen-bond donors (Lipinski definition) is 4. The van der Waals surface area contributed by atoms with Crippen molar-refractivity contribution in [3.05, 3.63) is 24.3 Å². The third-order valence-electron chi connectivity index (χ3n) is 10.8. The van der Waals surface area contributed by atoms with Crippen molar-refractivity contribution in [2.24, 2.45) is 0 Å². The first-order chi connectivity index (χ1) is 28.5. The minimum absolute atomic E-state index is 0.165. The van der Waals surface area contributed by atoms with Gasteiger partial charge in [-0.1, -0.05) is 167 Å². The fourth-order valence-electron chi connectivity index (χ4n) is 7.12. The highest BCUT2D eigenvalue weighted by atomic mass is 32.2. The molecule has 12 nitrogen and oxygen atoms in total. The molecule has 13 heteroatoms. The van der Waals surface area contributed by atoms with Gasteiger partial charge in [-0.25, -0.2) is 0 Å². The largest absolute Gasteiger partial charge is 0.462 e. The molecule has 6 atom stereocenters. The Morgan fingerprint density at radius 1 is 0.576 bits per heavy atom. The van der Waals surface area contributed by atoms with Gasteiger partial charge in [0.1, 0.15) is 36.8 Å². The van der Waals surface area contributed by atoms with Gasteiger partial charge in [0.25, 0.3) is 10.1 Å². The fourth-order valence-corrected chi connectivity index (χ4v) is 7.81. The molecule has 2 unspecified atom stereocenters. The van der Waals surface area contributed by atoms with Gasteiger partial charge >= 0.3 is 11.9 Å². The van der Waals surface area contributed by atoms with Gasteiger partial charge in [-0.05, 0) is 44.9 Å². The molecule has 1 rings (SSSR count). The van der Waals surface area contributed by atoms with Crippen LogP contribution in [0.5, 0.6) is 0 Å². The molecule has 1 fully saturated rings. The number of carbonyl (C=O) groups excluding carboxylic acids is 2. The summed E-state index contributed by atoms with van der Waals surface area (Å²) in [6.45, 7) is 3.74. The number of carbonyl (C=O) groups is 2. The van der Waals surface area contributed by atoms with Gasteiger partial charge in [0, 0.05) is 12.8 Å². The van der Waals surface area contributed by atoms with E-state index in [-0.39, 0.29) is 19.4 Å². The van der Waals surface area contributed by atoms with Gasteiger partial charge in [-0.2, -0.15) is 8.42 Å². The molecule has 0 bridgehead atoms. The molecule has 0 spiro atoms. The normalized spacial score (nSPS) is 20.4. The zero-order valence-corrected chi connectivity index (χ0v) is 37.7. The minimum Gasteiger partial charge on any atom is -0.462 e. The van der Waals surface area contributed by atoms with E-state index in [2.05, 4.69) is 38.2 Å². The van der Waals surface area contributed by atoms with Crippen LogP contribution >= 0.6 is 0 Å². The molecular formula is C46H84O12S. The molecule has 1 aliphatic rings. The molecule has 1 heterocycles. The molecule has 0 amide bonds. The van der Waals surface area contributed by atoms with Crippen LogP contribution in [0.2, 0.25) is 0 Å². The number of unbranched alkanes of at least 4 members (excludes halogenated alkanes) is 23. The number of aliphatic hydroxyl groups is 3. The Kier molecular flexibility index (Phi) is 34.4. The zero-order valence-electron chi connectivity index (χ0n) is 36.9. The molecule has 0 aromatic rings. The molecule has 0 saturated carbocycles. The second-order valence-electron chi connectivity index (χ2n) is 16.4. The number of allylic oxidation sites excluding steroid dienone is 4. The highest BCUT2D eigenvalue weighted by molar-refractivity contribution is 7.85. The Morgan fingerprint density at radius 2 is 1.02 bits per heavy atom. The number of ether oxygens (including phenoxy) is 4. The Morgan fingerprint density at radius 3 is 1.53 bits per heavy atom. The van der Waals surface area contributed by atoms with Crippen LogP contribution in [0.3, 0.4) is 0 Å². The first-order valence-corrected chi connectivity index (χ1v) is 25.0. The van der Waals surface area contributed by atoms with E-state index in [4.69, 9.17) is 18.9 Å². The summed E-state index contributed by atoms with van der Waals surface area (Å²) in [5.74, 6) is -1.99. The van der Waals surface area contributed by atoms with Crippen molar-refractivity contribution in [3.63, 3.8) is 0 Å². The van der Waals surface area contributed by atoms with Crippen molar-refractivity contribution in [2.75, 3.05) is 19.0 Å². The lowest BCUT2D eigenvalue weighted by atomic mass is 10.00. The molecular weight excluding hydrogens is 777 g/mol. The van der Waals surface area contributed by atoms with Crippen LogP contribution in [0.25, 0.3) is 0 Å². The summed E-state index contributed by atoms with van der Waals surface area (Å²) in [7, 11) is -4.60. The van der Waals surface area contributed by atoms with Crippen molar-refractivity contribution in [1.82, 2.24) is 0 Å². The highest BCUT2D eigenvalue weighted by Gasteiger charge is 2.46. The van der Waals surface area contributed by atoms with E-state index in [0.717, 1.165) is 64.2 Å². The van der Waals surface area contributed by atoms with Crippen molar-refractivity contribution in [1.29, 1.82) is 0 Å². The van der Waals surface area contributed by atoms with Crippen LogP contribution in [0.15, 0.2) is 24.3 Å². The monoisotopic (exact) mass is 861 g/mol. The van der Waals surface area contributed by atoms with E-state index in [1.54, 1.807) is 0 Å². The lowest BCUT2D eigenvalue weighted by Gasteiger charge is -2.40. The minimum atomic E-state index is -4.60. The van der Waals surface area contributed by atoms with Crippen molar-refractivity contribution in [3.8, 4) is 0 Å². The van der Waals surface area contributed by atoms with Gasteiger partial charge in [0.2, 0.25) is 0 Å². The summed E-state index contributed by atoms with van der Waals surface area (Å²) in [6, 6.07) is 0. The first-order valence-electron chi connectivity index (χ1n) is 23.4. The van der Waals surface area contributed by atoms with Crippen molar-refractivity contribution >= 4 is 22.1 Å². The molecule has 0 radical (unpaired) electrons. The second kappa shape index (κ2) is 36.8. The van der Waals surface area contributed by atoms with Gasteiger partial charge in [-0.15, -0.1) is 0 Å². The van der Waals surface area contributed by atoms with Crippen molar-refractivity contribution < 1.29 is 56.8 Å². The van der Waals surface area contributed by atoms with Gasteiger partial charge in [0.15, 0.2) is 12.4 Å². The predicted octanol–water partition coefficient (Wildman–Crippen LogP) is 9.62. The molecule has 1 saturated heterocycles. The Bertz CT molecular complexity index is 1190. The third kappa shape index (κ3) is 31.6. The third-order valence-corrected chi connectivity index (χ3v) is 11.5. The Hall–Kier alpha value is -1.87. The first kappa shape index (κ1) is 55.1. The lowest BCUT2D eigenvalue weighted by Crippen LogP contribution is -2.60. The van der Waals surface area contributed by atoms with E-state index in [9.17, 15) is 37.9 Å². The van der Waals surface area contributed by atoms with E-state index < -0.39 is 71.2 Å². The summed E-state index contributed by atoms with van der Waals surface area (Å²) in [5, 5.41) is 30.9. The topological polar surface area (TPSA) is 186 Å². The molecule has 0 aromatic carbocycles. The molecule has 0 aromatic heterocycles. The van der Waals surface area contributed by atoms with Crippen LogP contribution in [0.4, 0.5) is 0 Å².